The Labute approximate surface area is 160 Å². The van der Waals surface area contributed by atoms with E-state index in [4.69, 9.17) is 14.2 Å². The van der Waals surface area contributed by atoms with Crippen molar-refractivity contribution in [3.05, 3.63) is 23.8 Å². The predicted octanol–water partition coefficient (Wildman–Crippen LogP) is 2.17. The molecule has 0 aromatic heterocycles. The first-order chi connectivity index (χ1) is 11.2. The highest BCUT2D eigenvalue weighted by Crippen LogP contribution is 2.32. The molecule has 0 unspecified atom stereocenters. The zero-order chi connectivity index (χ0) is 16.1. The van der Waals surface area contributed by atoms with Gasteiger partial charge in [-0.1, -0.05) is 13.0 Å². The van der Waals surface area contributed by atoms with Gasteiger partial charge in [-0.25, -0.2) is 0 Å². The molecule has 0 saturated carbocycles. The van der Waals surface area contributed by atoms with Crippen molar-refractivity contribution < 1.29 is 14.2 Å². The van der Waals surface area contributed by atoms with Gasteiger partial charge in [0.05, 0.1) is 19.8 Å². The van der Waals surface area contributed by atoms with Gasteiger partial charge in [0.15, 0.2) is 17.5 Å². The molecule has 2 heterocycles. The highest BCUT2D eigenvalue weighted by atomic mass is 127. The summed E-state index contributed by atoms with van der Waals surface area (Å²) >= 11 is 0. The van der Waals surface area contributed by atoms with E-state index >= 15 is 0 Å². The number of hydrogen-bond donors (Lipinski definition) is 2. The van der Waals surface area contributed by atoms with Crippen molar-refractivity contribution >= 4 is 29.9 Å². The van der Waals surface area contributed by atoms with E-state index in [0.29, 0.717) is 6.79 Å². The van der Waals surface area contributed by atoms with E-state index in [-0.39, 0.29) is 29.4 Å². The SMILES string of the molecule is CCNC(=NCC1(C)COC1)NCCc1ccc2c(c1)OCO2.I. The first-order valence-electron chi connectivity index (χ1n) is 8.17. The van der Waals surface area contributed by atoms with Gasteiger partial charge >= 0.3 is 0 Å². The maximum absolute atomic E-state index is 5.41. The van der Waals surface area contributed by atoms with Crippen LogP contribution in [0, 0.1) is 5.41 Å². The van der Waals surface area contributed by atoms with Crippen LogP contribution in [0.15, 0.2) is 23.2 Å². The first-order valence-corrected chi connectivity index (χ1v) is 8.17. The van der Waals surface area contributed by atoms with Gasteiger partial charge in [-0.3, -0.25) is 4.99 Å². The number of nitrogens with one attached hydrogen (secondary N) is 2. The number of ether oxygens (including phenoxy) is 3. The first kappa shape index (κ1) is 19.1. The lowest BCUT2D eigenvalue weighted by Crippen LogP contribution is -2.44. The second-order valence-corrected chi connectivity index (χ2v) is 6.36. The maximum atomic E-state index is 5.41. The summed E-state index contributed by atoms with van der Waals surface area (Å²) in [5.74, 6) is 2.52. The van der Waals surface area contributed by atoms with Crippen molar-refractivity contribution in [2.45, 2.75) is 20.3 Å². The van der Waals surface area contributed by atoms with Gasteiger partial charge in [0.2, 0.25) is 6.79 Å². The molecular weight excluding hydrogens is 421 g/mol. The van der Waals surface area contributed by atoms with Crippen LogP contribution in [-0.4, -0.2) is 45.6 Å². The monoisotopic (exact) mass is 447 g/mol. The third-order valence-electron chi connectivity index (χ3n) is 4.01. The summed E-state index contributed by atoms with van der Waals surface area (Å²) in [5, 5.41) is 6.67. The number of rotatable bonds is 6. The van der Waals surface area contributed by atoms with E-state index in [1.54, 1.807) is 0 Å². The van der Waals surface area contributed by atoms with Crippen LogP contribution in [0.2, 0.25) is 0 Å². The van der Waals surface area contributed by atoms with E-state index < -0.39 is 0 Å². The van der Waals surface area contributed by atoms with Crippen LogP contribution in [0.1, 0.15) is 19.4 Å². The highest BCUT2D eigenvalue weighted by molar-refractivity contribution is 14.0. The van der Waals surface area contributed by atoms with Gasteiger partial charge in [0.25, 0.3) is 0 Å². The summed E-state index contributed by atoms with van der Waals surface area (Å²) in [6.45, 7) is 8.64. The average Bonchev–Trinajstić information content (AvgIpc) is 2.98. The smallest absolute Gasteiger partial charge is 0.231 e. The molecule has 1 fully saturated rings. The molecule has 24 heavy (non-hydrogen) atoms. The average molecular weight is 447 g/mol. The molecule has 2 aliphatic heterocycles. The van der Waals surface area contributed by atoms with Crippen molar-refractivity contribution in [2.75, 3.05) is 39.6 Å². The molecule has 0 bridgehead atoms. The Balaban J connectivity index is 0.00000208. The number of hydrogen-bond acceptors (Lipinski definition) is 4. The Bertz CT molecular complexity index is 576. The van der Waals surface area contributed by atoms with Crippen LogP contribution in [0.3, 0.4) is 0 Å². The van der Waals surface area contributed by atoms with Crippen molar-refractivity contribution in [1.29, 1.82) is 0 Å². The molecule has 6 nitrogen and oxygen atoms in total. The fraction of sp³-hybridized carbons (Fsp3) is 0.588. The third-order valence-corrected chi connectivity index (χ3v) is 4.01. The molecule has 0 spiro atoms. The molecule has 0 radical (unpaired) electrons. The fourth-order valence-corrected chi connectivity index (χ4v) is 2.58. The molecule has 2 aliphatic rings. The van der Waals surface area contributed by atoms with Gasteiger partial charge in [-0.15, -0.1) is 24.0 Å². The molecule has 1 aromatic carbocycles. The second kappa shape index (κ2) is 8.75. The van der Waals surface area contributed by atoms with Gasteiger partial charge < -0.3 is 24.8 Å². The van der Waals surface area contributed by atoms with Crippen molar-refractivity contribution in [1.82, 2.24) is 10.6 Å². The molecular formula is C17H26IN3O3. The topological polar surface area (TPSA) is 64.1 Å². The Morgan fingerprint density at radius 1 is 1.21 bits per heavy atom. The van der Waals surface area contributed by atoms with Crippen LogP contribution < -0.4 is 20.1 Å². The van der Waals surface area contributed by atoms with Crippen LogP contribution in [0.4, 0.5) is 0 Å². The summed E-state index contributed by atoms with van der Waals surface area (Å²) in [5.41, 5.74) is 1.41. The minimum atomic E-state index is 0. The quantitative estimate of drug-likeness (QED) is 0.398. The van der Waals surface area contributed by atoms with Crippen molar-refractivity contribution in [3.63, 3.8) is 0 Å². The number of benzene rings is 1. The number of aliphatic imine (C=N–C) groups is 1. The van der Waals surface area contributed by atoms with Crippen LogP contribution >= 0.6 is 24.0 Å². The lowest BCUT2D eigenvalue weighted by atomic mass is 9.89. The lowest BCUT2D eigenvalue weighted by Gasteiger charge is -2.36. The van der Waals surface area contributed by atoms with Gasteiger partial charge in [0, 0.05) is 18.5 Å². The fourth-order valence-electron chi connectivity index (χ4n) is 2.58. The minimum absolute atomic E-state index is 0. The molecule has 0 aliphatic carbocycles. The Morgan fingerprint density at radius 2 is 2.00 bits per heavy atom. The Hall–Kier alpha value is -1.22. The zero-order valence-corrected chi connectivity index (χ0v) is 16.6. The summed E-state index contributed by atoms with van der Waals surface area (Å²) in [7, 11) is 0. The molecule has 1 aromatic rings. The molecule has 1 saturated heterocycles. The number of halogens is 1. The van der Waals surface area contributed by atoms with Crippen LogP contribution in [-0.2, 0) is 11.2 Å². The molecule has 0 amide bonds. The predicted molar refractivity (Wildman–Crippen MR) is 105 cm³/mol. The molecule has 3 rings (SSSR count). The van der Waals surface area contributed by atoms with E-state index in [2.05, 4.69) is 35.5 Å². The normalized spacial score (nSPS) is 17.7. The van der Waals surface area contributed by atoms with Gasteiger partial charge in [0.1, 0.15) is 0 Å². The largest absolute Gasteiger partial charge is 0.454 e. The summed E-state index contributed by atoms with van der Waals surface area (Å²) in [6, 6.07) is 6.08. The Kier molecular flexibility index (Phi) is 6.97. The number of guanidine groups is 1. The summed E-state index contributed by atoms with van der Waals surface area (Å²) in [4.78, 5) is 4.67. The van der Waals surface area contributed by atoms with E-state index in [9.17, 15) is 0 Å². The van der Waals surface area contributed by atoms with E-state index in [1.165, 1.54) is 5.56 Å². The van der Waals surface area contributed by atoms with Gasteiger partial charge in [-0.2, -0.15) is 0 Å². The maximum Gasteiger partial charge on any atom is 0.231 e. The molecule has 2 N–H and O–H groups in total. The van der Waals surface area contributed by atoms with Crippen molar-refractivity contribution in [2.24, 2.45) is 10.4 Å². The van der Waals surface area contributed by atoms with Crippen LogP contribution in [0.25, 0.3) is 0 Å². The summed E-state index contributed by atoms with van der Waals surface area (Å²) in [6.07, 6.45) is 0.904. The minimum Gasteiger partial charge on any atom is -0.454 e. The highest BCUT2D eigenvalue weighted by Gasteiger charge is 2.33. The molecule has 0 atom stereocenters. The summed E-state index contributed by atoms with van der Waals surface area (Å²) < 4.78 is 16.0. The van der Waals surface area contributed by atoms with E-state index in [1.807, 2.05) is 12.1 Å². The zero-order valence-electron chi connectivity index (χ0n) is 14.3. The lowest BCUT2D eigenvalue weighted by molar-refractivity contribution is -0.0945. The Morgan fingerprint density at radius 3 is 2.71 bits per heavy atom. The molecule has 7 heteroatoms. The van der Waals surface area contributed by atoms with Gasteiger partial charge in [-0.05, 0) is 31.0 Å². The number of fused-ring (bicyclic) bond motifs is 1. The van der Waals surface area contributed by atoms with Crippen LogP contribution in [0.5, 0.6) is 11.5 Å². The van der Waals surface area contributed by atoms with Crippen molar-refractivity contribution in [3.8, 4) is 11.5 Å². The second-order valence-electron chi connectivity index (χ2n) is 6.36. The third kappa shape index (κ3) is 4.89. The number of nitrogens with zero attached hydrogens (tertiary/aromatic N) is 1. The van der Waals surface area contributed by atoms with E-state index in [0.717, 1.165) is 56.7 Å². The molecule has 134 valence electrons. The standard InChI is InChI=1S/C17H25N3O3.HI/c1-3-18-16(20-9-17(2)10-21-11-17)19-7-6-13-4-5-14-15(8-13)23-12-22-14;/h4-5,8H,3,6-7,9-12H2,1-2H3,(H2,18,19,20);1H.